The van der Waals surface area contributed by atoms with Gasteiger partial charge in [0.05, 0.1) is 29.1 Å². The molecule has 1 aliphatic carbocycles. The van der Waals surface area contributed by atoms with Crippen LogP contribution < -0.4 is 0 Å². The fourth-order valence-electron chi connectivity index (χ4n) is 5.74. The van der Waals surface area contributed by atoms with Crippen LogP contribution in [0.5, 0.6) is 0 Å². The number of para-hydroxylation sites is 1. The first kappa shape index (κ1) is 17.7. The van der Waals surface area contributed by atoms with Crippen LogP contribution >= 0.6 is 0 Å². The molecule has 3 nitrogen and oxygen atoms in total. The number of nitrogens with zero attached hydrogens (tertiary/aromatic N) is 3. The molecule has 0 saturated heterocycles. The summed E-state index contributed by atoms with van der Waals surface area (Å²) in [7, 11) is 0. The number of rotatable bonds is 1. The topological polar surface area (TPSA) is 30.7 Å². The molecule has 32 heavy (non-hydrogen) atoms. The van der Waals surface area contributed by atoms with Crippen molar-refractivity contribution in [2.75, 3.05) is 0 Å². The minimum Gasteiger partial charge on any atom is -0.306 e. The third-order valence-corrected chi connectivity index (χ3v) is 7.13. The SMILES string of the molecule is CC1(C)c2cc3c(cc2-c2ccc4ccccc4c21)c1ccccc1n3-c1cncnc1. The van der Waals surface area contributed by atoms with Gasteiger partial charge in [-0.15, -0.1) is 0 Å². The summed E-state index contributed by atoms with van der Waals surface area (Å²) in [6.07, 6.45) is 5.36. The van der Waals surface area contributed by atoms with Gasteiger partial charge in [0.25, 0.3) is 0 Å². The van der Waals surface area contributed by atoms with Crippen molar-refractivity contribution in [3.63, 3.8) is 0 Å². The molecule has 0 aliphatic heterocycles. The van der Waals surface area contributed by atoms with Crippen molar-refractivity contribution in [2.45, 2.75) is 19.3 Å². The van der Waals surface area contributed by atoms with Crippen molar-refractivity contribution in [1.82, 2.24) is 14.5 Å². The average Bonchev–Trinajstić information content (AvgIpc) is 3.27. The van der Waals surface area contributed by atoms with E-state index in [0.717, 1.165) is 5.69 Å². The summed E-state index contributed by atoms with van der Waals surface area (Å²) in [4.78, 5) is 8.58. The minimum atomic E-state index is -0.0891. The quantitative estimate of drug-likeness (QED) is 0.291. The third-order valence-electron chi connectivity index (χ3n) is 7.13. The molecule has 0 N–H and O–H groups in total. The van der Waals surface area contributed by atoms with Crippen LogP contribution in [0.15, 0.2) is 91.5 Å². The standard InChI is InChI=1S/C29H21N3/c1-29(2)25-14-27-24(13-23(25)22-12-11-18-7-3-4-8-20(18)28(22)29)21-9-5-6-10-26(21)32(27)19-15-30-17-31-16-19/h3-17H,1-2H3. The molecule has 0 spiro atoms. The van der Waals surface area contributed by atoms with Crippen LogP contribution in [0.2, 0.25) is 0 Å². The van der Waals surface area contributed by atoms with E-state index in [1.165, 1.54) is 54.8 Å². The monoisotopic (exact) mass is 411 g/mol. The molecule has 152 valence electrons. The Balaban J connectivity index is 1.63. The van der Waals surface area contributed by atoms with Gasteiger partial charge in [0.1, 0.15) is 6.33 Å². The lowest BCUT2D eigenvalue weighted by Gasteiger charge is -2.23. The van der Waals surface area contributed by atoms with Crippen LogP contribution in [-0.2, 0) is 5.41 Å². The molecule has 0 radical (unpaired) electrons. The summed E-state index contributed by atoms with van der Waals surface area (Å²) in [6.45, 7) is 4.71. The Bertz CT molecular complexity index is 1690. The van der Waals surface area contributed by atoms with Crippen LogP contribution in [0.1, 0.15) is 25.0 Å². The number of benzene rings is 4. The Labute approximate surface area is 186 Å². The molecule has 4 aromatic carbocycles. The van der Waals surface area contributed by atoms with Gasteiger partial charge in [-0.3, -0.25) is 0 Å². The molecular weight excluding hydrogens is 390 g/mol. The maximum absolute atomic E-state index is 4.29. The van der Waals surface area contributed by atoms with Gasteiger partial charge in [-0.2, -0.15) is 0 Å². The average molecular weight is 412 g/mol. The van der Waals surface area contributed by atoms with Gasteiger partial charge < -0.3 is 4.57 Å². The third kappa shape index (κ3) is 2.15. The Morgan fingerprint density at radius 1 is 0.688 bits per heavy atom. The highest BCUT2D eigenvalue weighted by molar-refractivity contribution is 6.12. The largest absolute Gasteiger partial charge is 0.306 e. The lowest BCUT2D eigenvalue weighted by Crippen LogP contribution is -2.15. The summed E-state index contributed by atoms with van der Waals surface area (Å²) in [6, 6.07) is 26.7. The van der Waals surface area contributed by atoms with E-state index in [1.54, 1.807) is 6.33 Å². The maximum atomic E-state index is 4.29. The van der Waals surface area contributed by atoms with Gasteiger partial charge in [-0.05, 0) is 51.2 Å². The van der Waals surface area contributed by atoms with Crippen molar-refractivity contribution in [3.8, 4) is 16.8 Å². The van der Waals surface area contributed by atoms with Crippen LogP contribution in [0, 0.1) is 0 Å². The highest BCUT2D eigenvalue weighted by Crippen LogP contribution is 2.53. The number of fused-ring (bicyclic) bond motifs is 8. The van der Waals surface area contributed by atoms with Crippen LogP contribution in [-0.4, -0.2) is 14.5 Å². The lowest BCUT2D eigenvalue weighted by molar-refractivity contribution is 0.667. The van der Waals surface area contributed by atoms with Crippen molar-refractivity contribution in [2.24, 2.45) is 0 Å². The molecule has 0 atom stereocenters. The van der Waals surface area contributed by atoms with Crippen molar-refractivity contribution in [3.05, 3.63) is 103 Å². The molecular formula is C29H21N3. The summed E-state index contributed by atoms with van der Waals surface area (Å²) in [5.74, 6) is 0. The van der Waals surface area contributed by atoms with Gasteiger partial charge in [0.15, 0.2) is 0 Å². The summed E-state index contributed by atoms with van der Waals surface area (Å²) in [5, 5.41) is 5.16. The minimum absolute atomic E-state index is 0.0891. The van der Waals surface area contributed by atoms with Gasteiger partial charge in [-0.25, -0.2) is 9.97 Å². The van der Waals surface area contributed by atoms with Gasteiger partial charge >= 0.3 is 0 Å². The number of aromatic nitrogens is 3. The zero-order chi connectivity index (χ0) is 21.4. The first-order valence-corrected chi connectivity index (χ1v) is 11.0. The van der Waals surface area contributed by atoms with Crippen LogP contribution in [0.25, 0.3) is 49.4 Å². The molecule has 1 aliphatic rings. The fourth-order valence-corrected chi connectivity index (χ4v) is 5.74. The lowest BCUT2D eigenvalue weighted by atomic mass is 9.80. The normalized spacial score (nSPS) is 14.2. The molecule has 0 unspecified atom stereocenters. The van der Waals surface area contributed by atoms with Crippen LogP contribution in [0.4, 0.5) is 0 Å². The van der Waals surface area contributed by atoms with E-state index in [4.69, 9.17) is 0 Å². The van der Waals surface area contributed by atoms with E-state index in [0.29, 0.717) is 0 Å². The van der Waals surface area contributed by atoms with E-state index >= 15 is 0 Å². The summed E-state index contributed by atoms with van der Waals surface area (Å²) < 4.78 is 2.29. The van der Waals surface area contributed by atoms with E-state index in [2.05, 4.69) is 101 Å². The van der Waals surface area contributed by atoms with E-state index in [9.17, 15) is 0 Å². The molecule has 2 heterocycles. The Kier molecular flexibility index (Phi) is 3.34. The first-order valence-electron chi connectivity index (χ1n) is 11.0. The van der Waals surface area contributed by atoms with E-state index < -0.39 is 0 Å². The summed E-state index contributed by atoms with van der Waals surface area (Å²) >= 11 is 0. The Morgan fingerprint density at radius 2 is 1.44 bits per heavy atom. The molecule has 0 bridgehead atoms. The number of hydrogen-bond acceptors (Lipinski definition) is 2. The molecule has 0 saturated carbocycles. The predicted octanol–water partition coefficient (Wildman–Crippen LogP) is 7.03. The predicted molar refractivity (Wildman–Crippen MR) is 131 cm³/mol. The van der Waals surface area contributed by atoms with Crippen molar-refractivity contribution in [1.29, 1.82) is 0 Å². The van der Waals surface area contributed by atoms with Gasteiger partial charge in [0.2, 0.25) is 0 Å². The highest BCUT2D eigenvalue weighted by atomic mass is 15.0. The smallest absolute Gasteiger partial charge is 0.115 e. The second kappa shape index (κ2) is 6.04. The Morgan fingerprint density at radius 3 is 2.28 bits per heavy atom. The van der Waals surface area contributed by atoms with Crippen molar-refractivity contribution < 1.29 is 0 Å². The molecule has 0 amide bonds. The van der Waals surface area contributed by atoms with Crippen LogP contribution in [0.3, 0.4) is 0 Å². The van der Waals surface area contributed by atoms with Gasteiger partial charge in [0, 0.05) is 16.2 Å². The molecule has 3 heteroatoms. The highest BCUT2D eigenvalue weighted by Gasteiger charge is 2.37. The van der Waals surface area contributed by atoms with Crippen molar-refractivity contribution >= 4 is 32.6 Å². The fraction of sp³-hybridized carbons (Fsp3) is 0.103. The molecule has 2 aromatic heterocycles. The second-order valence-corrected chi connectivity index (χ2v) is 9.20. The summed E-state index contributed by atoms with van der Waals surface area (Å²) in [5.41, 5.74) is 8.77. The zero-order valence-corrected chi connectivity index (χ0v) is 18.0. The maximum Gasteiger partial charge on any atom is 0.115 e. The molecule has 7 rings (SSSR count). The second-order valence-electron chi connectivity index (χ2n) is 9.20. The van der Waals surface area contributed by atoms with Gasteiger partial charge in [-0.1, -0.05) is 68.4 Å². The van der Waals surface area contributed by atoms with E-state index in [-0.39, 0.29) is 5.41 Å². The number of hydrogen-bond donors (Lipinski definition) is 0. The molecule has 0 fully saturated rings. The first-order chi connectivity index (χ1) is 15.6. The zero-order valence-electron chi connectivity index (χ0n) is 18.0. The molecule has 6 aromatic rings. The van der Waals surface area contributed by atoms with E-state index in [1.807, 2.05) is 12.4 Å². The Hall–Kier alpha value is -3.98.